The standard InChI is InChI=1S/C18H23N2O7PS/c21-15-20(28(22,23)24)14-6-2-5-13-19-29(25,26)18-11-9-17(10-12-18)27-16-7-3-1-4-8-16/h1,3-4,7-12,15,19H,2,5-6,13-14H2,(H2,22,23,24). The molecule has 1 amide bonds. The molecule has 0 aliphatic rings. The molecule has 158 valence electrons. The van der Waals surface area contributed by atoms with Gasteiger partial charge in [-0.05, 0) is 49.2 Å². The molecular formula is C18H23N2O7PS. The Labute approximate surface area is 169 Å². The molecule has 0 spiro atoms. The number of nitrogens with zero attached hydrogens (tertiary/aromatic N) is 1. The highest BCUT2D eigenvalue weighted by Gasteiger charge is 2.22. The molecule has 0 unspecified atom stereocenters. The van der Waals surface area contributed by atoms with Crippen molar-refractivity contribution in [2.75, 3.05) is 13.1 Å². The smallest absolute Gasteiger partial charge is 0.432 e. The van der Waals surface area contributed by atoms with E-state index in [1.165, 1.54) is 12.1 Å². The Balaban J connectivity index is 1.78. The molecule has 0 saturated carbocycles. The monoisotopic (exact) mass is 442 g/mol. The van der Waals surface area contributed by atoms with Crippen LogP contribution in [0, 0.1) is 0 Å². The van der Waals surface area contributed by atoms with E-state index in [1.807, 2.05) is 18.2 Å². The van der Waals surface area contributed by atoms with E-state index in [-0.39, 0.29) is 24.4 Å². The van der Waals surface area contributed by atoms with E-state index < -0.39 is 17.8 Å². The maximum absolute atomic E-state index is 12.3. The van der Waals surface area contributed by atoms with Gasteiger partial charge in [0.15, 0.2) is 0 Å². The van der Waals surface area contributed by atoms with Crippen LogP contribution in [0.1, 0.15) is 19.3 Å². The molecule has 29 heavy (non-hydrogen) atoms. The number of benzene rings is 2. The lowest BCUT2D eigenvalue weighted by atomic mass is 10.2. The second kappa shape index (κ2) is 10.5. The molecule has 0 saturated heterocycles. The van der Waals surface area contributed by atoms with Gasteiger partial charge in [-0.3, -0.25) is 9.46 Å². The number of hydrogen-bond donors (Lipinski definition) is 3. The highest BCUT2D eigenvalue weighted by Crippen LogP contribution is 2.38. The Bertz CT molecular complexity index is 930. The molecule has 0 heterocycles. The molecule has 2 aromatic rings. The molecule has 11 heteroatoms. The van der Waals surface area contributed by atoms with Gasteiger partial charge in [0.2, 0.25) is 16.4 Å². The number of hydrogen-bond acceptors (Lipinski definition) is 5. The summed E-state index contributed by atoms with van der Waals surface area (Å²) in [6, 6.07) is 15.1. The molecule has 0 aliphatic heterocycles. The van der Waals surface area contributed by atoms with Gasteiger partial charge in [0.1, 0.15) is 11.5 Å². The molecule has 2 aromatic carbocycles. The number of carbonyl (C=O) groups is 1. The second-order valence-electron chi connectivity index (χ2n) is 6.13. The van der Waals surface area contributed by atoms with Crippen LogP contribution in [0.3, 0.4) is 0 Å². The van der Waals surface area contributed by atoms with E-state index in [4.69, 9.17) is 14.5 Å². The second-order valence-corrected chi connectivity index (χ2v) is 9.43. The molecule has 3 N–H and O–H groups in total. The molecule has 0 aliphatic carbocycles. The fourth-order valence-electron chi connectivity index (χ4n) is 2.42. The molecule has 2 rings (SSSR count). The largest absolute Gasteiger partial charge is 0.457 e. The average Bonchev–Trinajstić information content (AvgIpc) is 2.67. The first-order valence-electron chi connectivity index (χ1n) is 8.83. The molecule has 0 atom stereocenters. The Morgan fingerprint density at radius 1 is 0.966 bits per heavy atom. The minimum atomic E-state index is -4.58. The van der Waals surface area contributed by atoms with E-state index in [0.29, 0.717) is 35.4 Å². The Morgan fingerprint density at radius 2 is 1.59 bits per heavy atom. The molecule has 0 bridgehead atoms. The fourth-order valence-corrected chi connectivity index (χ4v) is 4.02. The van der Waals surface area contributed by atoms with E-state index in [2.05, 4.69) is 4.72 Å². The van der Waals surface area contributed by atoms with Crippen LogP contribution in [0.5, 0.6) is 11.5 Å². The lowest BCUT2D eigenvalue weighted by Gasteiger charge is -2.17. The zero-order valence-electron chi connectivity index (χ0n) is 15.5. The molecule has 0 radical (unpaired) electrons. The van der Waals surface area contributed by atoms with Gasteiger partial charge in [-0.15, -0.1) is 0 Å². The van der Waals surface area contributed by atoms with E-state index in [9.17, 15) is 17.8 Å². The number of sulfonamides is 1. The fraction of sp³-hybridized carbons (Fsp3) is 0.278. The van der Waals surface area contributed by atoms with Crippen molar-refractivity contribution in [3.63, 3.8) is 0 Å². The first-order valence-corrected chi connectivity index (χ1v) is 11.9. The van der Waals surface area contributed by atoms with Crippen molar-refractivity contribution >= 4 is 24.2 Å². The molecular weight excluding hydrogens is 419 g/mol. The highest BCUT2D eigenvalue weighted by atomic mass is 32.2. The van der Waals surface area contributed by atoms with Crippen LogP contribution in [0.2, 0.25) is 0 Å². The van der Waals surface area contributed by atoms with Crippen molar-refractivity contribution in [1.29, 1.82) is 0 Å². The molecule has 0 fully saturated rings. The van der Waals surface area contributed by atoms with Gasteiger partial charge in [0, 0.05) is 13.1 Å². The maximum atomic E-state index is 12.3. The summed E-state index contributed by atoms with van der Waals surface area (Å²) in [5.41, 5.74) is 0. The highest BCUT2D eigenvalue weighted by molar-refractivity contribution is 7.89. The zero-order valence-corrected chi connectivity index (χ0v) is 17.3. The van der Waals surface area contributed by atoms with Crippen LogP contribution in [0.4, 0.5) is 0 Å². The predicted molar refractivity (Wildman–Crippen MR) is 107 cm³/mol. The van der Waals surface area contributed by atoms with Crippen molar-refractivity contribution < 1.29 is 32.3 Å². The van der Waals surface area contributed by atoms with Crippen LogP contribution in [-0.4, -0.2) is 42.4 Å². The summed E-state index contributed by atoms with van der Waals surface area (Å²) in [5, 5.41) is 0. The summed E-state index contributed by atoms with van der Waals surface area (Å²) in [4.78, 5) is 28.6. The van der Waals surface area contributed by atoms with Crippen molar-refractivity contribution in [3.05, 3.63) is 54.6 Å². The summed E-state index contributed by atoms with van der Waals surface area (Å²) in [7, 11) is -8.26. The third-order valence-electron chi connectivity index (χ3n) is 3.93. The number of carbonyl (C=O) groups excluding carboxylic acids is 1. The quantitative estimate of drug-likeness (QED) is 0.261. The molecule has 9 nitrogen and oxygen atoms in total. The number of ether oxygens (including phenoxy) is 1. The topological polar surface area (TPSA) is 133 Å². The van der Waals surface area contributed by atoms with Gasteiger partial charge < -0.3 is 14.5 Å². The summed E-state index contributed by atoms with van der Waals surface area (Å²) >= 11 is 0. The third-order valence-corrected chi connectivity index (χ3v) is 6.37. The Morgan fingerprint density at radius 3 is 2.17 bits per heavy atom. The minimum Gasteiger partial charge on any atom is -0.457 e. The average molecular weight is 442 g/mol. The predicted octanol–water partition coefficient (Wildman–Crippen LogP) is 2.48. The molecule has 0 aromatic heterocycles. The Hall–Kier alpha value is -2.23. The van der Waals surface area contributed by atoms with Gasteiger partial charge >= 0.3 is 7.75 Å². The summed E-state index contributed by atoms with van der Waals surface area (Å²) in [5.74, 6) is 1.16. The van der Waals surface area contributed by atoms with Gasteiger partial charge in [0.05, 0.1) is 4.90 Å². The lowest BCUT2D eigenvalue weighted by Crippen LogP contribution is -2.25. The van der Waals surface area contributed by atoms with Crippen molar-refractivity contribution in [1.82, 2.24) is 9.39 Å². The van der Waals surface area contributed by atoms with Gasteiger partial charge in [0.25, 0.3) is 0 Å². The maximum Gasteiger partial charge on any atom is 0.432 e. The lowest BCUT2D eigenvalue weighted by molar-refractivity contribution is -0.115. The Kier molecular flexibility index (Phi) is 8.36. The van der Waals surface area contributed by atoms with Crippen LogP contribution in [0.15, 0.2) is 59.5 Å². The first kappa shape index (κ1) is 23.1. The van der Waals surface area contributed by atoms with E-state index >= 15 is 0 Å². The van der Waals surface area contributed by atoms with E-state index in [1.54, 1.807) is 24.3 Å². The SMILES string of the molecule is O=CN(CCCCCNS(=O)(=O)c1ccc(Oc2ccccc2)cc1)P(=O)(O)O. The van der Waals surface area contributed by atoms with Gasteiger partial charge in [-0.1, -0.05) is 24.6 Å². The van der Waals surface area contributed by atoms with E-state index in [0.717, 1.165) is 0 Å². The summed E-state index contributed by atoms with van der Waals surface area (Å²) in [6.45, 7) is 0.0744. The first-order chi connectivity index (χ1) is 13.7. The van der Waals surface area contributed by atoms with Crippen molar-refractivity contribution in [2.24, 2.45) is 0 Å². The van der Waals surface area contributed by atoms with Crippen LogP contribution >= 0.6 is 7.75 Å². The third kappa shape index (κ3) is 7.60. The van der Waals surface area contributed by atoms with Gasteiger partial charge in [-0.25, -0.2) is 17.7 Å². The summed E-state index contributed by atoms with van der Waals surface area (Å²) < 4.78 is 44.1. The number of amides is 1. The normalized spacial score (nSPS) is 11.8. The van der Waals surface area contributed by atoms with Crippen molar-refractivity contribution in [3.8, 4) is 11.5 Å². The number of nitrogens with one attached hydrogen (secondary N) is 1. The van der Waals surface area contributed by atoms with Crippen LogP contribution < -0.4 is 9.46 Å². The summed E-state index contributed by atoms with van der Waals surface area (Å²) in [6.07, 6.45) is 1.41. The van der Waals surface area contributed by atoms with Crippen LogP contribution in [-0.2, 0) is 19.4 Å². The zero-order chi connectivity index (χ0) is 21.3. The van der Waals surface area contributed by atoms with Gasteiger partial charge in [-0.2, -0.15) is 0 Å². The number of rotatable bonds is 12. The number of para-hydroxylation sites is 1. The minimum absolute atomic E-state index is 0.0938. The van der Waals surface area contributed by atoms with Crippen molar-refractivity contribution in [2.45, 2.75) is 24.2 Å². The van der Waals surface area contributed by atoms with Crippen LogP contribution in [0.25, 0.3) is 0 Å². The number of unbranched alkanes of at least 4 members (excludes halogenated alkanes) is 2.